The second-order valence-electron chi connectivity index (χ2n) is 5.25. The van der Waals surface area contributed by atoms with Crippen LogP contribution in [-0.2, 0) is 11.3 Å². The summed E-state index contributed by atoms with van der Waals surface area (Å²) in [6, 6.07) is 10.3. The van der Waals surface area contributed by atoms with Gasteiger partial charge in [0, 0.05) is 13.1 Å². The Morgan fingerprint density at radius 3 is 3.00 bits per heavy atom. The zero-order valence-electron chi connectivity index (χ0n) is 11.0. The summed E-state index contributed by atoms with van der Waals surface area (Å²) in [5.41, 5.74) is 1.13. The summed E-state index contributed by atoms with van der Waals surface area (Å²) in [6.45, 7) is 1.97. The fourth-order valence-electron chi connectivity index (χ4n) is 3.05. The highest BCUT2D eigenvalue weighted by atomic mass is 16.5. The van der Waals surface area contributed by atoms with Crippen LogP contribution in [0.4, 0.5) is 4.79 Å². The summed E-state index contributed by atoms with van der Waals surface area (Å²) >= 11 is 0. The Labute approximate surface area is 113 Å². The largest absolute Gasteiger partial charge is 0.374 e. The summed E-state index contributed by atoms with van der Waals surface area (Å²) in [6.07, 6.45) is 3.59. The molecule has 0 spiro atoms. The van der Waals surface area contributed by atoms with E-state index < -0.39 is 0 Å². The van der Waals surface area contributed by atoms with Gasteiger partial charge in [0.1, 0.15) is 0 Å². The second kappa shape index (κ2) is 5.61. The number of urea groups is 1. The molecule has 2 atom stereocenters. The number of hydrogen-bond donors (Lipinski definition) is 1. The normalized spacial score (nSPS) is 26.0. The van der Waals surface area contributed by atoms with Crippen molar-refractivity contribution in [3.05, 3.63) is 35.9 Å². The lowest BCUT2D eigenvalue weighted by Gasteiger charge is -2.37. The molecule has 2 unspecified atom stereocenters. The van der Waals surface area contributed by atoms with Crippen LogP contribution < -0.4 is 5.32 Å². The number of carbonyl (C=O) groups is 1. The first-order valence-electron chi connectivity index (χ1n) is 7.04. The van der Waals surface area contributed by atoms with E-state index in [-0.39, 0.29) is 18.2 Å². The van der Waals surface area contributed by atoms with Crippen LogP contribution in [-0.4, -0.2) is 36.2 Å². The average Bonchev–Trinajstić information content (AvgIpc) is 2.94. The Hall–Kier alpha value is -1.55. The lowest BCUT2D eigenvalue weighted by molar-refractivity contribution is -0.0383. The molecule has 1 aromatic rings. The SMILES string of the molecule is O=C(NCc1ccccc1)N1CCOC2CCCC21. The van der Waals surface area contributed by atoms with Gasteiger partial charge in [-0.05, 0) is 24.8 Å². The molecule has 0 aromatic heterocycles. The number of rotatable bonds is 2. The summed E-state index contributed by atoms with van der Waals surface area (Å²) in [5.74, 6) is 0. The maximum absolute atomic E-state index is 12.3. The molecule has 1 saturated heterocycles. The van der Waals surface area contributed by atoms with Crippen LogP contribution in [0.1, 0.15) is 24.8 Å². The van der Waals surface area contributed by atoms with Gasteiger partial charge in [-0.15, -0.1) is 0 Å². The van der Waals surface area contributed by atoms with Crippen molar-refractivity contribution in [1.29, 1.82) is 0 Å². The predicted octanol–water partition coefficient (Wildman–Crippen LogP) is 2.15. The summed E-state index contributed by atoms with van der Waals surface area (Å²) in [4.78, 5) is 14.2. The number of fused-ring (bicyclic) bond motifs is 1. The van der Waals surface area contributed by atoms with E-state index in [1.165, 1.54) is 0 Å². The predicted molar refractivity (Wildman–Crippen MR) is 72.8 cm³/mol. The minimum Gasteiger partial charge on any atom is -0.374 e. The van der Waals surface area contributed by atoms with E-state index >= 15 is 0 Å². The van der Waals surface area contributed by atoms with Gasteiger partial charge in [-0.3, -0.25) is 0 Å². The third-order valence-corrected chi connectivity index (χ3v) is 4.03. The third kappa shape index (κ3) is 2.73. The molecular weight excluding hydrogens is 240 g/mol. The first kappa shape index (κ1) is 12.5. The fraction of sp³-hybridized carbons (Fsp3) is 0.533. The number of carbonyl (C=O) groups excluding carboxylic acids is 1. The quantitative estimate of drug-likeness (QED) is 0.885. The van der Waals surface area contributed by atoms with Crippen molar-refractivity contribution in [3.63, 3.8) is 0 Å². The summed E-state index contributed by atoms with van der Waals surface area (Å²) in [5, 5.41) is 3.01. The Morgan fingerprint density at radius 1 is 1.32 bits per heavy atom. The van der Waals surface area contributed by atoms with Gasteiger partial charge in [0.15, 0.2) is 0 Å². The molecule has 2 amide bonds. The van der Waals surface area contributed by atoms with E-state index in [1.807, 2.05) is 35.2 Å². The molecule has 3 rings (SSSR count). The molecule has 102 valence electrons. The molecule has 1 saturated carbocycles. The van der Waals surface area contributed by atoms with Crippen molar-refractivity contribution in [2.75, 3.05) is 13.2 Å². The van der Waals surface area contributed by atoms with Gasteiger partial charge in [-0.25, -0.2) is 4.79 Å². The lowest BCUT2D eigenvalue weighted by atomic mass is 10.1. The van der Waals surface area contributed by atoms with Crippen LogP contribution in [0.15, 0.2) is 30.3 Å². The standard InChI is InChI=1S/C15H20N2O2/c18-15(16-11-12-5-2-1-3-6-12)17-9-10-19-14-8-4-7-13(14)17/h1-3,5-6,13-14H,4,7-11H2,(H,16,18). The van der Waals surface area contributed by atoms with Crippen LogP contribution >= 0.6 is 0 Å². The van der Waals surface area contributed by atoms with Gasteiger partial charge in [0.2, 0.25) is 0 Å². The van der Waals surface area contributed by atoms with Crippen molar-refractivity contribution in [1.82, 2.24) is 10.2 Å². The monoisotopic (exact) mass is 260 g/mol. The highest BCUT2D eigenvalue weighted by Crippen LogP contribution is 2.29. The Morgan fingerprint density at radius 2 is 2.16 bits per heavy atom. The highest BCUT2D eigenvalue weighted by molar-refractivity contribution is 5.74. The molecule has 1 N–H and O–H groups in total. The Bertz CT molecular complexity index is 435. The number of ether oxygens (including phenoxy) is 1. The summed E-state index contributed by atoms with van der Waals surface area (Å²) in [7, 11) is 0. The van der Waals surface area contributed by atoms with Gasteiger partial charge < -0.3 is 15.0 Å². The molecule has 1 heterocycles. The number of amides is 2. The van der Waals surface area contributed by atoms with E-state index in [9.17, 15) is 4.79 Å². The van der Waals surface area contributed by atoms with Crippen molar-refractivity contribution < 1.29 is 9.53 Å². The van der Waals surface area contributed by atoms with Crippen molar-refractivity contribution in [3.8, 4) is 0 Å². The van der Waals surface area contributed by atoms with Crippen molar-refractivity contribution in [2.24, 2.45) is 0 Å². The van der Waals surface area contributed by atoms with Gasteiger partial charge in [-0.1, -0.05) is 30.3 Å². The molecule has 0 radical (unpaired) electrons. The van der Waals surface area contributed by atoms with Crippen LogP contribution in [0.25, 0.3) is 0 Å². The zero-order valence-corrected chi connectivity index (χ0v) is 11.0. The summed E-state index contributed by atoms with van der Waals surface area (Å²) < 4.78 is 5.72. The fourth-order valence-corrected chi connectivity index (χ4v) is 3.05. The van der Waals surface area contributed by atoms with Gasteiger partial charge in [0.05, 0.1) is 18.8 Å². The molecule has 1 aliphatic heterocycles. The second-order valence-corrected chi connectivity index (χ2v) is 5.25. The van der Waals surface area contributed by atoms with Gasteiger partial charge in [-0.2, -0.15) is 0 Å². The Kier molecular flexibility index (Phi) is 3.69. The van der Waals surface area contributed by atoms with E-state index in [4.69, 9.17) is 4.74 Å². The molecule has 2 aliphatic rings. The number of morpholine rings is 1. The minimum absolute atomic E-state index is 0.0454. The van der Waals surface area contributed by atoms with Crippen molar-refractivity contribution >= 4 is 6.03 Å². The van der Waals surface area contributed by atoms with E-state index in [0.29, 0.717) is 19.7 Å². The van der Waals surface area contributed by atoms with Gasteiger partial charge in [0.25, 0.3) is 0 Å². The highest BCUT2D eigenvalue weighted by Gasteiger charge is 2.38. The van der Waals surface area contributed by atoms with E-state index in [0.717, 1.165) is 24.8 Å². The van der Waals surface area contributed by atoms with Crippen LogP contribution in [0.2, 0.25) is 0 Å². The van der Waals surface area contributed by atoms with E-state index in [2.05, 4.69) is 5.32 Å². The lowest BCUT2D eigenvalue weighted by Crippen LogP contribution is -2.54. The first-order chi connectivity index (χ1) is 9.34. The molecule has 2 fully saturated rings. The topological polar surface area (TPSA) is 41.6 Å². The Balaban J connectivity index is 1.57. The molecule has 1 aromatic carbocycles. The molecule has 1 aliphatic carbocycles. The van der Waals surface area contributed by atoms with Crippen LogP contribution in [0.5, 0.6) is 0 Å². The van der Waals surface area contributed by atoms with Gasteiger partial charge >= 0.3 is 6.03 Å². The number of nitrogens with zero attached hydrogens (tertiary/aromatic N) is 1. The number of nitrogens with one attached hydrogen (secondary N) is 1. The molecule has 19 heavy (non-hydrogen) atoms. The maximum Gasteiger partial charge on any atom is 0.318 e. The minimum atomic E-state index is 0.0454. The average molecular weight is 260 g/mol. The molecule has 4 nitrogen and oxygen atoms in total. The zero-order chi connectivity index (χ0) is 13.1. The number of hydrogen-bond acceptors (Lipinski definition) is 2. The number of benzene rings is 1. The maximum atomic E-state index is 12.3. The smallest absolute Gasteiger partial charge is 0.318 e. The van der Waals surface area contributed by atoms with Crippen LogP contribution in [0, 0.1) is 0 Å². The first-order valence-corrected chi connectivity index (χ1v) is 7.04. The molecule has 0 bridgehead atoms. The molecule has 4 heteroatoms. The van der Waals surface area contributed by atoms with Crippen molar-refractivity contribution in [2.45, 2.75) is 38.0 Å². The molecular formula is C15H20N2O2. The van der Waals surface area contributed by atoms with Crippen LogP contribution in [0.3, 0.4) is 0 Å². The van der Waals surface area contributed by atoms with E-state index in [1.54, 1.807) is 0 Å². The third-order valence-electron chi connectivity index (χ3n) is 4.03.